The first kappa shape index (κ1) is 16.6. The van der Waals surface area contributed by atoms with Crippen molar-refractivity contribution in [2.45, 2.75) is 70.6 Å². The van der Waals surface area contributed by atoms with Crippen LogP contribution >= 0.6 is 0 Å². The summed E-state index contributed by atoms with van der Waals surface area (Å²) in [4.78, 5) is 8.15. The Bertz CT molecular complexity index is 544. The molecular weight excluding hydrogens is 300 g/mol. The molecular formula is C18H26FeN2. The molecule has 1 N–H and O–H groups in total. The van der Waals surface area contributed by atoms with Gasteiger partial charge in [0.1, 0.15) is 5.82 Å². The Morgan fingerprint density at radius 3 is 2.19 bits per heavy atom. The smallest absolute Gasteiger partial charge is 0.110 e. The van der Waals surface area contributed by atoms with Gasteiger partial charge >= 0.3 is 0 Å². The summed E-state index contributed by atoms with van der Waals surface area (Å²) < 4.78 is 0. The number of fused-ring (bicyclic) bond motifs is 1. The van der Waals surface area contributed by atoms with Crippen LogP contribution in [0.1, 0.15) is 75.1 Å². The topological polar surface area (TPSA) is 28.7 Å². The molecule has 1 aromatic carbocycles. The largest absolute Gasteiger partial charge is 0.342 e. The van der Waals surface area contributed by atoms with Gasteiger partial charge in [-0.1, -0.05) is 51.0 Å². The number of imidazole rings is 1. The Kier molecular flexibility index (Phi) is 6.32. The molecule has 0 radical (unpaired) electrons. The van der Waals surface area contributed by atoms with E-state index in [1.807, 2.05) is 0 Å². The second kappa shape index (κ2) is 8.00. The molecule has 1 aromatic heterocycles. The monoisotopic (exact) mass is 326 g/mol. The van der Waals surface area contributed by atoms with Crippen molar-refractivity contribution < 1.29 is 17.1 Å². The van der Waals surface area contributed by atoms with E-state index in [0.717, 1.165) is 5.52 Å². The second-order valence-corrected chi connectivity index (χ2v) is 6.39. The maximum absolute atomic E-state index is 4.68. The first-order valence-electron chi connectivity index (χ1n) is 8.29. The van der Waals surface area contributed by atoms with Crippen LogP contribution in [0.2, 0.25) is 0 Å². The molecule has 2 aliphatic carbocycles. The van der Waals surface area contributed by atoms with Crippen LogP contribution in [0.25, 0.3) is 11.0 Å². The Hall–Kier alpha value is -0.791. The predicted molar refractivity (Wildman–Crippen MR) is 85.1 cm³/mol. The third-order valence-electron chi connectivity index (χ3n) is 4.65. The van der Waals surface area contributed by atoms with Gasteiger partial charge in [-0.25, -0.2) is 4.98 Å². The van der Waals surface area contributed by atoms with Crippen molar-refractivity contribution in [2.75, 3.05) is 0 Å². The number of rotatable bonds is 1. The zero-order chi connectivity index (χ0) is 13.8. The molecule has 0 spiro atoms. The molecule has 0 atom stereocenters. The van der Waals surface area contributed by atoms with E-state index < -0.39 is 0 Å². The van der Waals surface area contributed by atoms with Crippen molar-refractivity contribution in [1.29, 1.82) is 0 Å². The van der Waals surface area contributed by atoms with Crippen LogP contribution in [0.4, 0.5) is 0 Å². The summed E-state index contributed by atoms with van der Waals surface area (Å²) in [6, 6.07) is 6.42. The summed E-state index contributed by atoms with van der Waals surface area (Å²) in [5, 5.41) is 0. The molecule has 0 bridgehead atoms. The summed E-state index contributed by atoms with van der Waals surface area (Å²) in [5.41, 5.74) is 3.60. The van der Waals surface area contributed by atoms with Crippen molar-refractivity contribution in [2.24, 2.45) is 0 Å². The number of aromatic amines is 1. The fourth-order valence-electron chi connectivity index (χ4n) is 3.42. The second-order valence-electron chi connectivity index (χ2n) is 6.39. The van der Waals surface area contributed by atoms with E-state index in [9.17, 15) is 0 Å². The van der Waals surface area contributed by atoms with Gasteiger partial charge in [-0.05, 0) is 37.5 Å². The molecule has 2 fully saturated rings. The van der Waals surface area contributed by atoms with Crippen molar-refractivity contribution in [3.05, 3.63) is 29.6 Å². The maximum atomic E-state index is 4.68. The minimum Gasteiger partial charge on any atom is -0.342 e. The SMILES string of the molecule is C1CCCC1.Cc1ccc2nc(C3CCCC3)[nH]c2c1.[Fe]. The molecule has 0 aliphatic heterocycles. The van der Waals surface area contributed by atoms with Gasteiger partial charge in [0, 0.05) is 23.0 Å². The Balaban J connectivity index is 0.000000231. The van der Waals surface area contributed by atoms with Gasteiger partial charge in [-0.15, -0.1) is 0 Å². The average Bonchev–Trinajstić information content (AvgIpc) is 3.20. The molecule has 2 aliphatic rings. The van der Waals surface area contributed by atoms with Crippen molar-refractivity contribution in [1.82, 2.24) is 9.97 Å². The first-order valence-corrected chi connectivity index (χ1v) is 8.29. The number of nitrogens with zero attached hydrogens (tertiary/aromatic N) is 1. The number of aryl methyl sites for hydroxylation is 1. The quantitative estimate of drug-likeness (QED) is 0.691. The maximum Gasteiger partial charge on any atom is 0.110 e. The molecule has 2 nitrogen and oxygen atoms in total. The van der Waals surface area contributed by atoms with E-state index in [2.05, 4.69) is 35.1 Å². The molecule has 2 aromatic rings. The minimum atomic E-state index is 0. The molecule has 1 heterocycles. The van der Waals surface area contributed by atoms with Gasteiger partial charge in [0.2, 0.25) is 0 Å². The van der Waals surface area contributed by atoms with E-state index in [4.69, 9.17) is 0 Å². The van der Waals surface area contributed by atoms with Gasteiger partial charge in [-0.2, -0.15) is 0 Å². The van der Waals surface area contributed by atoms with E-state index in [0.29, 0.717) is 5.92 Å². The number of benzene rings is 1. The Labute approximate surface area is 138 Å². The molecule has 4 rings (SSSR count). The van der Waals surface area contributed by atoms with E-state index in [1.54, 1.807) is 0 Å². The normalized spacial score (nSPS) is 18.3. The fraction of sp³-hybridized carbons (Fsp3) is 0.611. The van der Waals surface area contributed by atoms with Crippen molar-refractivity contribution in [3.8, 4) is 0 Å². The number of hydrogen-bond acceptors (Lipinski definition) is 1. The van der Waals surface area contributed by atoms with Crippen LogP contribution in [0, 0.1) is 6.92 Å². The average molecular weight is 326 g/mol. The third kappa shape index (κ3) is 4.34. The summed E-state index contributed by atoms with van der Waals surface area (Å²) >= 11 is 0. The standard InChI is InChI=1S/C13H16N2.C5H10.Fe/c1-9-6-7-11-12(8-9)15-13(14-11)10-4-2-3-5-10;1-2-4-5-3-1;/h6-8,10H,2-5H2,1H3,(H,14,15);1-5H2;. The van der Waals surface area contributed by atoms with Crippen molar-refractivity contribution >= 4 is 11.0 Å². The van der Waals surface area contributed by atoms with Gasteiger partial charge in [-0.3, -0.25) is 0 Å². The molecule has 116 valence electrons. The molecule has 21 heavy (non-hydrogen) atoms. The van der Waals surface area contributed by atoms with Crippen LogP contribution in [0.5, 0.6) is 0 Å². The Morgan fingerprint density at radius 2 is 1.57 bits per heavy atom. The van der Waals surface area contributed by atoms with E-state index in [1.165, 1.54) is 74.7 Å². The molecule has 0 unspecified atom stereocenters. The summed E-state index contributed by atoms with van der Waals surface area (Å²) in [6.45, 7) is 2.12. The molecule has 0 saturated heterocycles. The van der Waals surface area contributed by atoms with Gasteiger partial charge < -0.3 is 4.98 Å². The number of aromatic nitrogens is 2. The Morgan fingerprint density at radius 1 is 0.952 bits per heavy atom. The van der Waals surface area contributed by atoms with Crippen LogP contribution in [0.3, 0.4) is 0 Å². The summed E-state index contributed by atoms with van der Waals surface area (Å²) in [7, 11) is 0. The number of nitrogens with one attached hydrogen (secondary N) is 1. The summed E-state index contributed by atoms with van der Waals surface area (Å²) in [6.07, 6.45) is 12.8. The van der Waals surface area contributed by atoms with Crippen LogP contribution in [-0.2, 0) is 17.1 Å². The van der Waals surface area contributed by atoms with Crippen LogP contribution in [0.15, 0.2) is 18.2 Å². The van der Waals surface area contributed by atoms with Gasteiger partial charge in [0.05, 0.1) is 11.0 Å². The fourth-order valence-corrected chi connectivity index (χ4v) is 3.42. The summed E-state index contributed by atoms with van der Waals surface area (Å²) in [5.74, 6) is 1.88. The van der Waals surface area contributed by atoms with Crippen molar-refractivity contribution in [3.63, 3.8) is 0 Å². The zero-order valence-electron chi connectivity index (χ0n) is 13.0. The number of hydrogen-bond donors (Lipinski definition) is 1. The zero-order valence-corrected chi connectivity index (χ0v) is 14.1. The van der Waals surface area contributed by atoms with E-state index in [-0.39, 0.29) is 17.1 Å². The molecule has 2 saturated carbocycles. The first-order chi connectivity index (χ1) is 9.83. The molecule has 3 heteroatoms. The van der Waals surface area contributed by atoms with E-state index >= 15 is 0 Å². The third-order valence-corrected chi connectivity index (χ3v) is 4.65. The number of H-pyrrole nitrogens is 1. The molecule has 0 amide bonds. The van der Waals surface area contributed by atoms with Gasteiger partial charge in [0.15, 0.2) is 0 Å². The van der Waals surface area contributed by atoms with Crippen LogP contribution < -0.4 is 0 Å². The van der Waals surface area contributed by atoms with Crippen LogP contribution in [-0.4, -0.2) is 9.97 Å². The van der Waals surface area contributed by atoms with Gasteiger partial charge in [0.25, 0.3) is 0 Å². The minimum absolute atomic E-state index is 0. The predicted octanol–water partition coefficient (Wildman–Crippen LogP) is 5.48.